The first kappa shape index (κ1) is 15.3. The second-order valence-electron chi connectivity index (χ2n) is 4.21. The van der Waals surface area contributed by atoms with E-state index in [9.17, 15) is 14.3 Å². The van der Waals surface area contributed by atoms with E-state index in [4.69, 9.17) is 16.2 Å². The molecule has 0 radical (unpaired) electrons. The highest BCUT2D eigenvalue weighted by Crippen LogP contribution is 2.31. The number of aromatic hydroxyl groups is 1. The number of carbonyl (C=O) groups is 1. The van der Waals surface area contributed by atoms with Crippen LogP contribution in [0.15, 0.2) is 18.2 Å². The van der Waals surface area contributed by atoms with E-state index in [1.165, 1.54) is 18.2 Å². The Morgan fingerprint density at radius 3 is 2.77 bits per heavy atom. The molecule has 1 heterocycles. The van der Waals surface area contributed by atoms with Gasteiger partial charge in [-0.15, -0.1) is 0 Å². The first-order valence-electron chi connectivity index (χ1n) is 6.28. The Balaban J connectivity index is 2.36. The lowest BCUT2D eigenvalue weighted by Gasteiger charge is -2.10. The Labute approximate surface area is 124 Å². The van der Waals surface area contributed by atoms with Crippen LogP contribution in [0, 0.1) is 5.82 Å². The number of benzene rings is 1. The molecule has 0 aliphatic carbocycles. The molecule has 1 aromatic carbocycles. The number of phenols is 1. The predicted octanol–water partition coefficient (Wildman–Crippen LogP) is 1.72. The van der Waals surface area contributed by atoms with Gasteiger partial charge in [0.15, 0.2) is 11.6 Å². The molecule has 0 aliphatic rings. The number of ether oxygens (including phenoxy) is 1. The van der Waals surface area contributed by atoms with Crippen LogP contribution in [0.4, 0.5) is 26.6 Å². The van der Waals surface area contributed by atoms with Crippen LogP contribution in [0.1, 0.15) is 6.92 Å². The molecular weight excluding hydrogens is 293 g/mol. The predicted molar refractivity (Wildman–Crippen MR) is 78.6 cm³/mol. The van der Waals surface area contributed by atoms with Crippen molar-refractivity contribution >= 4 is 23.5 Å². The molecule has 116 valence electrons. The molecule has 0 aliphatic heterocycles. The Morgan fingerprint density at radius 1 is 1.41 bits per heavy atom. The molecule has 9 heteroatoms. The standard InChI is InChI=1S/C13H14FN5O3/c1-2-22-13(21)17-7-4-3-6(5-8(7)20)10-9(14)11(15)19-12(16)18-10/h3-5,20H,2H2,1H3,(H,17,21)(H4,15,16,18,19). The number of amides is 1. The van der Waals surface area contributed by atoms with Crippen LogP contribution < -0.4 is 16.8 Å². The highest BCUT2D eigenvalue weighted by molar-refractivity contribution is 5.87. The molecule has 0 fully saturated rings. The Hall–Kier alpha value is -3.10. The Bertz CT molecular complexity index is 723. The minimum atomic E-state index is -0.847. The molecule has 6 N–H and O–H groups in total. The zero-order chi connectivity index (χ0) is 16.3. The van der Waals surface area contributed by atoms with Crippen molar-refractivity contribution < 1.29 is 19.0 Å². The number of nitrogen functional groups attached to an aromatic ring is 2. The van der Waals surface area contributed by atoms with Crippen molar-refractivity contribution in [3.8, 4) is 17.0 Å². The van der Waals surface area contributed by atoms with Gasteiger partial charge < -0.3 is 21.3 Å². The number of hydrogen-bond acceptors (Lipinski definition) is 7. The third-order valence-corrected chi connectivity index (χ3v) is 2.68. The number of phenolic OH excluding ortho intramolecular Hbond substituents is 1. The van der Waals surface area contributed by atoms with Gasteiger partial charge in [0.1, 0.15) is 11.4 Å². The van der Waals surface area contributed by atoms with Gasteiger partial charge in [0, 0.05) is 5.56 Å². The monoisotopic (exact) mass is 307 g/mol. The summed E-state index contributed by atoms with van der Waals surface area (Å²) in [5.74, 6) is -1.72. The zero-order valence-electron chi connectivity index (χ0n) is 11.6. The maximum absolute atomic E-state index is 13.9. The topological polar surface area (TPSA) is 136 Å². The molecule has 1 amide bonds. The van der Waals surface area contributed by atoms with Crippen molar-refractivity contribution in [1.29, 1.82) is 0 Å². The average molecular weight is 307 g/mol. The summed E-state index contributed by atoms with van der Waals surface area (Å²) < 4.78 is 18.6. The third kappa shape index (κ3) is 3.14. The van der Waals surface area contributed by atoms with Gasteiger partial charge in [-0.1, -0.05) is 6.07 Å². The van der Waals surface area contributed by atoms with Crippen LogP contribution in [0.5, 0.6) is 5.75 Å². The summed E-state index contributed by atoms with van der Waals surface area (Å²) in [4.78, 5) is 18.6. The van der Waals surface area contributed by atoms with E-state index in [-0.39, 0.29) is 35.2 Å². The van der Waals surface area contributed by atoms with Crippen LogP contribution in [0.3, 0.4) is 0 Å². The van der Waals surface area contributed by atoms with Gasteiger partial charge in [0.2, 0.25) is 5.95 Å². The lowest BCUT2D eigenvalue weighted by Crippen LogP contribution is -2.13. The van der Waals surface area contributed by atoms with E-state index in [1.54, 1.807) is 6.92 Å². The summed E-state index contributed by atoms with van der Waals surface area (Å²) in [5, 5.41) is 12.2. The first-order valence-corrected chi connectivity index (χ1v) is 6.28. The maximum atomic E-state index is 13.9. The molecular formula is C13H14FN5O3. The van der Waals surface area contributed by atoms with Crippen LogP contribution in [0.2, 0.25) is 0 Å². The zero-order valence-corrected chi connectivity index (χ0v) is 11.6. The maximum Gasteiger partial charge on any atom is 0.411 e. The molecule has 0 unspecified atom stereocenters. The highest BCUT2D eigenvalue weighted by atomic mass is 19.1. The number of nitrogens with one attached hydrogen (secondary N) is 1. The van der Waals surface area contributed by atoms with E-state index in [2.05, 4.69) is 15.3 Å². The molecule has 0 spiro atoms. The van der Waals surface area contributed by atoms with Crippen LogP contribution in [-0.4, -0.2) is 27.8 Å². The van der Waals surface area contributed by atoms with Gasteiger partial charge in [-0.2, -0.15) is 4.98 Å². The summed E-state index contributed by atoms with van der Waals surface area (Å²) in [6.07, 6.45) is -0.716. The SMILES string of the molecule is CCOC(=O)Nc1ccc(-c2nc(N)nc(N)c2F)cc1O. The number of nitrogens with zero attached hydrogens (tertiary/aromatic N) is 2. The summed E-state index contributed by atoms with van der Waals surface area (Å²) >= 11 is 0. The third-order valence-electron chi connectivity index (χ3n) is 2.68. The number of aromatic nitrogens is 2. The Kier molecular flexibility index (Phi) is 4.25. The summed E-state index contributed by atoms with van der Waals surface area (Å²) in [5.41, 5.74) is 11.0. The fraction of sp³-hybridized carbons (Fsp3) is 0.154. The van der Waals surface area contributed by atoms with Gasteiger partial charge in [0.05, 0.1) is 12.3 Å². The van der Waals surface area contributed by atoms with E-state index in [0.29, 0.717) is 0 Å². The van der Waals surface area contributed by atoms with Crippen molar-refractivity contribution in [2.75, 3.05) is 23.4 Å². The van der Waals surface area contributed by atoms with E-state index >= 15 is 0 Å². The van der Waals surface area contributed by atoms with Gasteiger partial charge in [-0.3, -0.25) is 5.32 Å². The molecule has 1 aromatic heterocycles. The lowest BCUT2D eigenvalue weighted by atomic mass is 10.1. The number of anilines is 3. The van der Waals surface area contributed by atoms with E-state index in [1.807, 2.05) is 0 Å². The van der Waals surface area contributed by atoms with Gasteiger partial charge in [-0.25, -0.2) is 14.2 Å². The minimum Gasteiger partial charge on any atom is -0.506 e. The van der Waals surface area contributed by atoms with Crippen molar-refractivity contribution in [2.24, 2.45) is 0 Å². The molecule has 0 saturated heterocycles. The average Bonchev–Trinajstić information content (AvgIpc) is 2.45. The molecule has 0 atom stereocenters. The number of halogens is 1. The van der Waals surface area contributed by atoms with Crippen LogP contribution in [-0.2, 0) is 4.74 Å². The number of nitrogens with two attached hydrogens (primary N) is 2. The molecule has 0 bridgehead atoms. The summed E-state index contributed by atoms with van der Waals surface area (Å²) in [6.45, 7) is 1.84. The van der Waals surface area contributed by atoms with Crippen molar-refractivity contribution in [1.82, 2.24) is 9.97 Å². The number of rotatable bonds is 3. The largest absolute Gasteiger partial charge is 0.506 e. The second kappa shape index (κ2) is 6.12. The van der Waals surface area contributed by atoms with E-state index in [0.717, 1.165) is 0 Å². The highest BCUT2D eigenvalue weighted by Gasteiger charge is 2.15. The van der Waals surface area contributed by atoms with Gasteiger partial charge >= 0.3 is 6.09 Å². The van der Waals surface area contributed by atoms with E-state index < -0.39 is 17.7 Å². The second-order valence-corrected chi connectivity index (χ2v) is 4.21. The van der Waals surface area contributed by atoms with Gasteiger partial charge in [0.25, 0.3) is 0 Å². The van der Waals surface area contributed by atoms with Crippen LogP contribution >= 0.6 is 0 Å². The lowest BCUT2D eigenvalue weighted by molar-refractivity contribution is 0.168. The first-order chi connectivity index (χ1) is 10.4. The van der Waals surface area contributed by atoms with Crippen molar-refractivity contribution in [3.63, 3.8) is 0 Å². The molecule has 8 nitrogen and oxygen atoms in total. The Morgan fingerprint density at radius 2 is 2.14 bits per heavy atom. The van der Waals surface area contributed by atoms with Crippen molar-refractivity contribution in [3.05, 3.63) is 24.0 Å². The summed E-state index contributed by atoms with van der Waals surface area (Å²) in [7, 11) is 0. The quantitative estimate of drug-likeness (QED) is 0.634. The normalized spacial score (nSPS) is 10.3. The minimum absolute atomic E-state index is 0.109. The molecule has 2 aromatic rings. The summed E-state index contributed by atoms with van der Waals surface area (Å²) in [6, 6.07) is 4.02. The fourth-order valence-electron chi connectivity index (χ4n) is 1.74. The molecule has 0 saturated carbocycles. The fourth-order valence-corrected chi connectivity index (χ4v) is 1.74. The number of hydrogen-bond donors (Lipinski definition) is 4. The van der Waals surface area contributed by atoms with Gasteiger partial charge in [-0.05, 0) is 19.1 Å². The van der Waals surface area contributed by atoms with Crippen LogP contribution in [0.25, 0.3) is 11.3 Å². The number of carbonyl (C=O) groups excluding carboxylic acids is 1. The smallest absolute Gasteiger partial charge is 0.411 e. The molecule has 2 rings (SSSR count). The van der Waals surface area contributed by atoms with Crippen molar-refractivity contribution in [2.45, 2.75) is 6.92 Å². The molecule has 22 heavy (non-hydrogen) atoms.